The quantitative estimate of drug-likeness (QED) is 0.917. The zero-order valence-corrected chi connectivity index (χ0v) is 13.0. The topological polar surface area (TPSA) is 28.2 Å². The Morgan fingerprint density at radius 2 is 1.82 bits per heavy atom. The van der Waals surface area contributed by atoms with Gasteiger partial charge >= 0.3 is 0 Å². The highest BCUT2D eigenvalue weighted by atomic mass is 19.1. The van der Waals surface area contributed by atoms with Gasteiger partial charge in [0.25, 0.3) is 0 Å². The number of benzene rings is 1. The van der Waals surface area contributed by atoms with Gasteiger partial charge in [-0.25, -0.2) is 9.37 Å². The number of nitrogens with zero attached hydrogens (tertiary/aromatic N) is 2. The van der Waals surface area contributed by atoms with Crippen LogP contribution in [0.4, 0.5) is 10.2 Å². The molecule has 3 rings (SSSR count). The highest BCUT2D eigenvalue weighted by Crippen LogP contribution is 2.18. The summed E-state index contributed by atoms with van der Waals surface area (Å²) >= 11 is 0. The molecule has 4 heteroatoms. The standard InChI is InChI=1S/C18H22FN3/c1-14-10-15(4-5-17(14)19)12-20-13-16-6-7-21-18(11-16)22-8-2-3-9-22/h4-7,10-11,20H,2-3,8-9,12-13H2,1H3. The van der Waals surface area contributed by atoms with Crippen molar-refractivity contribution < 1.29 is 4.39 Å². The average Bonchev–Trinajstić information content (AvgIpc) is 3.06. The van der Waals surface area contributed by atoms with E-state index >= 15 is 0 Å². The SMILES string of the molecule is Cc1cc(CNCc2ccnc(N3CCCC3)c2)ccc1F. The van der Waals surface area contributed by atoms with Gasteiger partial charge in [0.2, 0.25) is 0 Å². The number of halogens is 1. The molecule has 0 aliphatic carbocycles. The van der Waals surface area contributed by atoms with Crippen molar-refractivity contribution in [3.63, 3.8) is 0 Å². The van der Waals surface area contributed by atoms with Crippen molar-refractivity contribution in [2.45, 2.75) is 32.9 Å². The van der Waals surface area contributed by atoms with Gasteiger partial charge in [-0.15, -0.1) is 0 Å². The highest BCUT2D eigenvalue weighted by Gasteiger charge is 2.13. The molecule has 0 spiro atoms. The van der Waals surface area contributed by atoms with Crippen molar-refractivity contribution >= 4 is 5.82 Å². The number of nitrogens with one attached hydrogen (secondary N) is 1. The van der Waals surface area contributed by atoms with Crippen LogP contribution in [0, 0.1) is 12.7 Å². The first-order valence-electron chi connectivity index (χ1n) is 7.88. The molecule has 0 unspecified atom stereocenters. The molecule has 1 aliphatic heterocycles. The second kappa shape index (κ2) is 6.88. The summed E-state index contributed by atoms with van der Waals surface area (Å²) in [5.41, 5.74) is 3.03. The van der Waals surface area contributed by atoms with Gasteiger partial charge in [-0.05, 0) is 54.7 Å². The summed E-state index contributed by atoms with van der Waals surface area (Å²) in [5, 5.41) is 3.41. The third-order valence-corrected chi connectivity index (χ3v) is 4.12. The predicted octanol–water partition coefficient (Wildman–Crippen LogP) is 3.42. The second-order valence-electron chi connectivity index (χ2n) is 5.90. The van der Waals surface area contributed by atoms with Crippen molar-refractivity contribution in [3.8, 4) is 0 Å². The maximum absolute atomic E-state index is 13.2. The first-order chi connectivity index (χ1) is 10.7. The van der Waals surface area contributed by atoms with Crippen LogP contribution in [0.1, 0.15) is 29.5 Å². The lowest BCUT2D eigenvalue weighted by molar-refractivity contribution is 0.615. The molecule has 1 saturated heterocycles. The van der Waals surface area contributed by atoms with Crippen LogP contribution in [0.5, 0.6) is 0 Å². The van der Waals surface area contributed by atoms with E-state index in [1.165, 1.54) is 24.5 Å². The Morgan fingerprint density at radius 3 is 2.55 bits per heavy atom. The molecule has 2 heterocycles. The number of hydrogen-bond donors (Lipinski definition) is 1. The van der Waals surface area contributed by atoms with Crippen molar-refractivity contribution in [3.05, 3.63) is 59.0 Å². The van der Waals surface area contributed by atoms with Crippen molar-refractivity contribution in [1.82, 2.24) is 10.3 Å². The number of anilines is 1. The number of aryl methyl sites for hydroxylation is 1. The molecule has 0 bridgehead atoms. The van der Waals surface area contributed by atoms with E-state index in [1.807, 2.05) is 24.4 Å². The van der Waals surface area contributed by atoms with E-state index < -0.39 is 0 Å². The number of rotatable bonds is 5. The Bertz CT molecular complexity index is 636. The van der Waals surface area contributed by atoms with Crippen LogP contribution < -0.4 is 10.2 Å². The number of hydrogen-bond acceptors (Lipinski definition) is 3. The Hall–Kier alpha value is -1.94. The Kier molecular flexibility index (Phi) is 4.68. The van der Waals surface area contributed by atoms with Crippen LogP contribution in [0.3, 0.4) is 0 Å². The summed E-state index contributed by atoms with van der Waals surface area (Å²) in [6.45, 7) is 5.55. The summed E-state index contributed by atoms with van der Waals surface area (Å²) in [5.74, 6) is 0.933. The van der Waals surface area contributed by atoms with Gasteiger partial charge in [0.05, 0.1) is 0 Å². The van der Waals surface area contributed by atoms with E-state index in [4.69, 9.17) is 0 Å². The minimum atomic E-state index is -0.145. The van der Waals surface area contributed by atoms with Crippen molar-refractivity contribution in [1.29, 1.82) is 0 Å². The maximum atomic E-state index is 13.2. The van der Waals surface area contributed by atoms with Gasteiger partial charge in [0.1, 0.15) is 11.6 Å². The molecule has 1 aromatic carbocycles. The van der Waals surface area contributed by atoms with E-state index in [9.17, 15) is 4.39 Å². The van der Waals surface area contributed by atoms with E-state index in [-0.39, 0.29) is 5.82 Å². The summed E-state index contributed by atoms with van der Waals surface area (Å²) in [6.07, 6.45) is 4.40. The van der Waals surface area contributed by atoms with Crippen LogP contribution in [-0.2, 0) is 13.1 Å². The lowest BCUT2D eigenvalue weighted by atomic mass is 10.1. The van der Waals surface area contributed by atoms with Crippen molar-refractivity contribution in [2.24, 2.45) is 0 Å². The minimum absolute atomic E-state index is 0.145. The van der Waals surface area contributed by atoms with Gasteiger partial charge in [-0.2, -0.15) is 0 Å². The summed E-state index contributed by atoms with van der Waals surface area (Å²) in [4.78, 5) is 6.81. The predicted molar refractivity (Wildman–Crippen MR) is 87.4 cm³/mol. The molecule has 3 nitrogen and oxygen atoms in total. The van der Waals surface area contributed by atoms with Gasteiger partial charge in [-0.1, -0.05) is 12.1 Å². The third kappa shape index (κ3) is 3.63. The summed E-state index contributed by atoms with van der Waals surface area (Å²) in [7, 11) is 0. The van der Waals surface area contributed by atoms with Crippen molar-refractivity contribution in [2.75, 3.05) is 18.0 Å². The zero-order chi connectivity index (χ0) is 15.4. The first-order valence-corrected chi connectivity index (χ1v) is 7.88. The van der Waals surface area contributed by atoms with Crippen LogP contribution in [0.25, 0.3) is 0 Å². The largest absolute Gasteiger partial charge is 0.357 e. The summed E-state index contributed by atoms with van der Waals surface area (Å²) in [6, 6.07) is 9.46. The fraction of sp³-hybridized carbons (Fsp3) is 0.389. The minimum Gasteiger partial charge on any atom is -0.357 e. The van der Waals surface area contributed by atoms with E-state index in [0.29, 0.717) is 5.56 Å². The number of aromatic nitrogens is 1. The molecular formula is C18H22FN3. The monoisotopic (exact) mass is 299 g/mol. The van der Waals surface area contributed by atoms with Gasteiger partial charge in [0, 0.05) is 32.4 Å². The normalized spacial score (nSPS) is 14.5. The molecule has 1 N–H and O–H groups in total. The smallest absolute Gasteiger partial charge is 0.128 e. The molecular weight excluding hydrogens is 277 g/mol. The zero-order valence-electron chi connectivity index (χ0n) is 13.0. The number of pyridine rings is 1. The lowest BCUT2D eigenvalue weighted by Crippen LogP contribution is -2.19. The highest BCUT2D eigenvalue weighted by molar-refractivity contribution is 5.41. The molecule has 1 fully saturated rings. The van der Waals surface area contributed by atoms with Gasteiger partial charge in [-0.3, -0.25) is 0 Å². The van der Waals surface area contributed by atoms with Crippen LogP contribution in [-0.4, -0.2) is 18.1 Å². The van der Waals surface area contributed by atoms with Crippen LogP contribution in [0.15, 0.2) is 36.5 Å². The molecule has 0 amide bonds. The molecule has 0 radical (unpaired) electrons. The summed E-state index contributed by atoms with van der Waals surface area (Å²) < 4.78 is 13.2. The maximum Gasteiger partial charge on any atom is 0.128 e. The van der Waals surface area contributed by atoms with Gasteiger partial charge < -0.3 is 10.2 Å². The molecule has 22 heavy (non-hydrogen) atoms. The Morgan fingerprint density at radius 1 is 1.09 bits per heavy atom. The third-order valence-electron chi connectivity index (χ3n) is 4.12. The van der Waals surface area contributed by atoms with E-state index in [1.54, 1.807) is 6.92 Å². The average molecular weight is 299 g/mol. The fourth-order valence-corrected chi connectivity index (χ4v) is 2.86. The molecule has 2 aromatic rings. The fourth-order valence-electron chi connectivity index (χ4n) is 2.86. The van der Waals surface area contributed by atoms with Gasteiger partial charge in [0.15, 0.2) is 0 Å². The van der Waals surface area contributed by atoms with Crippen LogP contribution >= 0.6 is 0 Å². The Balaban J connectivity index is 1.57. The molecule has 116 valence electrons. The van der Waals surface area contributed by atoms with Crippen LogP contribution in [0.2, 0.25) is 0 Å². The molecule has 0 atom stereocenters. The lowest BCUT2D eigenvalue weighted by Gasteiger charge is -2.17. The first kappa shape index (κ1) is 15.0. The van der Waals surface area contributed by atoms with E-state index in [0.717, 1.165) is 37.6 Å². The van der Waals surface area contributed by atoms with E-state index in [2.05, 4.69) is 21.3 Å². The molecule has 0 saturated carbocycles. The molecule has 1 aromatic heterocycles. The molecule has 1 aliphatic rings. The Labute approximate surface area is 131 Å². The second-order valence-corrected chi connectivity index (χ2v) is 5.90.